The maximum atomic E-state index is 11.9. The molecule has 16 heavy (non-hydrogen) atoms. The van der Waals surface area contributed by atoms with Gasteiger partial charge in [0.2, 0.25) is 0 Å². The van der Waals surface area contributed by atoms with E-state index in [1.165, 1.54) is 0 Å². The van der Waals surface area contributed by atoms with Crippen LogP contribution in [0, 0.1) is 0 Å². The molecule has 0 amide bonds. The summed E-state index contributed by atoms with van der Waals surface area (Å²) >= 11 is 3.37. The van der Waals surface area contributed by atoms with Gasteiger partial charge in [0.25, 0.3) is 0 Å². The van der Waals surface area contributed by atoms with Crippen LogP contribution in [0.5, 0.6) is 11.5 Å². The number of carbonyl (C=O) groups excluding carboxylic acids is 1. The monoisotopic (exact) mass is 286 g/mol. The summed E-state index contributed by atoms with van der Waals surface area (Å²) in [6, 6.07) is 3.49. The Morgan fingerprint density at radius 1 is 1.31 bits per heavy atom. The lowest BCUT2D eigenvalue weighted by Crippen LogP contribution is -2.03. The van der Waals surface area contributed by atoms with E-state index in [-0.39, 0.29) is 5.78 Å². The molecular weight excluding hydrogens is 272 g/mol. The van der Waals surface area contributed by atoms with Crippen molar-refractivity contribution in [3.63, 3.8) is 0 Å². The van der Waals surface area contributed by atoms with Gasteiger partial charge in [-0.25, -0.2) is 0 Å². The lowest BCUT2D eigenvalue weighted by molar-refractivity contribution is 0.0978. The highest BCUT2D eigenvalue weighted by Gasteiger charge is 2.17. The molecule has 1 aromatic carbocycles. The largest absolute Gasteiger partial charge is 0.497 e. The second-order valence-electron chi connectivity index (χ2n) is 3.36. The third-order valence-corrected chi connectivity index (χ3v) is 2.86. The Bertz CT molecular complexity index is 388. The van der Waals surface area contributed by atoms with Crippen molar-refractivity contribution >= 4 is 21.7 Å². The molecule has 3 nitrogen and oxygen atoms in total. The van der Waals surface area contributed by atoms with Gasteiger partial charge in [0, 0.05) is 17.0 Å². The van der Waals surface area contributed by atoms with Crippen LogP contribution in [-0.4, -0.2) is 20.0 Å². The van der Waals surface area contributed by atoms with Crippen molar-refractivity contribution in [3.8, 4) is 11.5 Å². The number of ketones is 1. The molecule has 88 valence electrons. The normalized spacial score (nSPS) is 10.0. The number of ether oxygens (including phenoxy) is 2. The number of hydrogen-bond donors (Lipinski definition) is 0. The van der Waals surface area contributed by atoms with E-state index < -0.39 is 0 Å². The van der Waals surface area contributed by atoms with E-state index in [1.54, 1.807) is 26.4 Å². The Morgan fingerprint density at radius 3 is 2.50 bits per heavy atom. The van der Waals surface area contributed by atoms with Gasteiger partial charge in [-0.1, -0.05) is 6.92 Å². The van der Waals surface area contributed by atoms with Crippen molar-refractivity contribution in [1.29, 1.82) is 0 Å². The highest BCUT2D eigenvalue weighted by atomic mass is 79.9. The molecule has 0 N–H and O–H groups in total. The van der Waals surface area contributed by atoms with Crippen LogP contribution in [0.15, 0.2) is 16.6 Å². The highest BCUT2D eigenvalue weighted by Crippen LogP contribution is 2.33. The number of carbonyl (C=O) groups is 1. The van der Waals surface area contributed by atoms with Crippen LogP contribution < -0.4 is 9.47 Å². The van der Waals surface area contributed by atoms with E-state index in [9.17, 15) is 4.79 Å². The minimum atomic E-state index is 0.0777. The maximum Gasteiger partial charge on any atom is 0.167 e. The zero-order chi connectivity index (χ0) is 12.1. The third-order valence-electron chi connectivity index (χ3n) is 2.24. The molecule has 0 atom stereocenters. The molecule has 1 rings (SSSR count). The predicted molar refractivity (Wildman–Crippen MR) is 66.5 cm³/mol. The number of hydrogen-bond acceptors (Lipinski definition) is 3. The van der Waals surface area contributed by atoms with Crippen LogP contribution in [0.25, 0.3) is 0 Å². The van der Waals surface area contributed by atoms with E-state index >= 15 is 0 Å². The number of halogens is 1. The molecule has 0 spiro atoms. The topological polar surface area (TPSA) is 35.5 Å². The molecule has 0 fully saturated rings. The lowest BCUT2D eigenvalue weighted by Gasteiger charge is -2.11. The number of Topliss-reactive ketones (excluding diaryl/α,β-unsaturated/α-hetero) is 1. The minimum Gasteiger partial charge on any atom is -0.497 e. The average Bonchev–Trinajstić information content (AvgIpc) is 2.27. The average molecular weight is 287 g/mol. The molecule has 1 aromatic rings. The van der Waals surface area contributed by atoms with Crippen molar-refractivity contribution in [1.82, 2.24) is 0 Å². The second kappa shape index (κ2) is 5.89. The summed E-state index contributed by atoms with van der Waals surface area (Å²) in [6.07, 6.45) is 1.34. The summed E-state index contributed by atoms with van der Waals surface area (Å²) in [5, 5.41) is 0. The second-order valence-corrected chi connectivity index (χ2v) is 4.21. The van der Waals surface area contributed by atoms with Crippen molar-refractivity contribution in [3.05, 3.63) is 22.2 Å². The SMILES string of the molecule is CCCC(=O)c1c(Br)cc(OC)cc1OC. The minimum absolute atomic E-state index is 0.0777. The number of methoxy groups -OCH3 is 2. The van der Waals surface area contributed by atoms with E-state index in [4.69, 9.17) is 9.47 Å². The zero-order valence-corrected chi connectivity index (χ0v) is 11.3. The summed E-state index contributed by atoms with van der Waals surface area (Å²) < 4.78 is 11.0. The first-order valence-corrected chi connectivity index (χ1v) is 5.88. The standard InChI is InChI=1S/C12H15BrO3/c1-4-5-10(14)12-9(13)6-8(15-2)7-11(12)16-3/h6-7H,4-5H2,1-3H3. The first-order chi connectivity index (χ1) is 7.63. The Hall–Kier alpha value is -1.03. The van der Waals surface area contributed by atoms with Gasteiger partial charge in [0.05, 0.1) is 19.8 Å². The molecule has 0 radical (unpaired) electrons. The van der Waals surface area contributed by atoms with E-state index in [2.05, 4.69) is 15.9 Å². The van der Waals surface area contributed by atoms with Gasteiger partial charge in [0.15, 0.2) is 5.78 Å². The van der Waals surface area contributed by atoms with Gasteiger partial charge in [-0.05, 0) is 28.4 Å². The van der Waals surface area contributed by atoms with E-state index in [0.29, 0.717) is 28.0 Å². The molecule has 0 unspecified atom stereocenters. The summed E-state index contributed by atoms with van der Waals surface area (Å²) in [4.78, 5) is 11.9. The first kappa shape index (κ1) is 13.0. The third kappa shape index (κ3) is 2.76. The van der Waals surface area contributed by atoms with E-state index in [1.807, 2.05) is 6.92 Å². The summed E-state index contributed by atoms with van der Waals surface area (Å²) in [5.74, 6) is 1.29. The Kier molecular flexibility index (Phi) is 4.80. The van der Waals surface area contributed by atoms with Crippen LogP contribution in [0.2, 0.25) is 0 Å². The molecule has 0 aromatic heterocycles. The van der Waals surface area contributed by atoms with Gasteiger partial charge in [-0.2, -0.15) is 0 Å². The molecular formula is C12H15BrO3. The van der Waals surface area contributed by atoms with Crippen LogP contribution in [0.1, 0.15) is 30.1 Å². The quantitative estimate of drug-likeness (QED) is 0.778. The van der Waals surface area contributed by atoms with Gasteiger partial charge < -0.3 is 9.47 Å². The number of rotatable bonds is 5. The molecule has 0 heterocycles. The Balaban J connectivity index is 3.21. The Labute approximate surface area is 104 Å². The zero-order valence-electron chi connectivity index (χ0n) is 9.67. The van der Waals surface area contributed by atoms with Crippen molar-refractivity contribution in [2.75, 3.05) is 14.2 Å². The lowest BCUT2D eigenvalue weighted by atomic mass is 10.1. The smallest absolute Gasteiger partial charge is 0.167 e. The maximum absolute atomic E-state index is 11.9. The molecule has 0 saturated carbocycles. The van der Waals surface area contributed by atoms with Crippen LogP contribution in [-0.2, 0) is 0 Å². The molecule has 4 heteroatoms. The fraction of sp³-hybridized carbons (Fsp3) is 0.417. The summed E-state index contributed by atoms with van der Waals surface area (Å²) in [6.45, 7) is 1.97. The van der Waals surface area contributed by atoms with Crippen molar-refractivity contribution < 1.29 is 14.3 Å². The van der Waals surface area contributed by atoms with Crippen LogP contribution >= 0.6 is 15.9 Å². The molecule has 0 saturated heterocycles. The van der Waals surface area contributed by atoms with Crippen molar-refractivity contribution in [2.45, 2.75) is 19.8 Å². The summed E-state index contributed by atoms with van der Waals surface area (Å²) in [5.41, 5.74) is 0.588. The van der Waals surface area contributed by atoms with E-state index in [0.717, 1.165) is 6.42 Å². The fourth-order valence-corrected chi connectivity index (χ4v) is 2.10. The predicted octanol–water partition coefficient (Wildman–Crippen LogP) is 3.45. The van der Waals surface area contributed by atoms with Crippen LogP contribution in [0.4, 0.5) is 0 Å². The molecule has 0 aliphatic heterocycles. The van der Waals surface area contributed by atoms with Gasteiger partial charge in [0.1, 0.15) is 11.5 Å². The molecule has 0 bridgehead atoms. The van der Waals surface area contributed by atoms with Gasteiger partial charge in [-0.3, -0.25) is 4.79 Å². The first-order valence-electron chi connectivity index (χ1n) is 5.08. The van der Waals surface area contributed by atoms with Crippen molar-refractivity contribution in [2.24, 2.45) is 0 Å². The van der Waals surface area contributed by atoms with Crippen LogP contribution in [0.3, 0.4) is 0 Å². The number of benzene rings is 1. The summed E-state index contributed by atoms with van der Waals surface area (Å²) in [7, 11) is 3.12. The highest BCUT2D eigenvalue weighted by molar-refractivity contribution is 9.10. The molecule has 0 aliphatic carbocycles. The Morgan fingerprint density at radius 2 is 2.00 bits per heavy atom. The van der Waals surface area contributed by atoms with Gasteiger partial charge in [-0.15, -0.1) is 0 Å². The fourth-order valence-electron chi connectivity index (χ4n) is 1.46. The van der Waals surface area contributed by atoms with Gasteiger partial charge >= 0.3 is 0 Å². The molecule has 0 aliphatic rings.